The van der Waals surface area contributed by atoms with Gasteiger partial charge in [0.25, 0.3) is 0 Å². The summed E-state index contributed by atoms with van der Waals surface area (Å²) in [5.74, 6) is -0.177. The number of fused-ring (bicyclic) bond motifs is 2. The van der Waals surface area contributed by atoms with Gasteiger partial charge in [0.15, 0.2) is 0 Å². The van der Waals surface area contributed by atoms with Crippen molar-refractivity contribution in [3.05, 3.63) is 89.2 Å². The molecule has 1 aliphatic rings. The van der Waals surface area contributed by atoms with Crippen molar-refractivity contribution < 1.29 is 20.1 Å². The van der Waals surface area contributed by atoms with Crippen LogP contribution < -0.4 is 4.74 Å². The molecular formula is C21H18N2O4. The van der Waals surface area contributed by atoms with Gasteiger partial charge >= 0.3 is 5.97 Å². The van der Waals surface area contributed by atoms with Gasteiger partial charge < -0.3 is 15.3 Å². The van der Waals surface area contributed by atoms with Crippen LogP contribution in [0.1, 0.15) is 22.3 Å². The molecule has 1 aliphatic heterocycles. The van der Waals surface area contributed by atoms with Crippen LogP contribution in [0, 0.1) is 0 Å². The minimum atomic E-state index is -0.870. The van der Waals surface area contributed by atoms with Crippen LogP contribution in [0.25, 0.3) is 0 Å². The maximum atomic E-state index is 11.1. The second-order valence-corrected chi connectivity index (χ2v) is 6.02. The molecule has 2 heterocycles. The first-order valence-corrected chi connectivity index (χ1v) is 8.25. The molecule has 0 radical (unpaired) electrons. The van der Waals surface area contributed by atoms with Gasteiger partial charge in [-0.25, -0.2) is 4.99 Å². The Morgan fingerprint density at radius 3 is 2.74 bits per heavy atom. The zero-order valence-corrected chi connectivity index (χ0v) is 14.4. The van der Waals surface area contributed by atoms with Crippen molar-refractivity contribution in [2.45, 2.75) is 13.0 Å². The molecule has 6 nitrogen and oxygen atoms in total. The molecule has 6 heteroatoms. The van der Waals surface area contributed by atoms with Gasteiger partial charge in [-0.05, 0) is 35.4 Å². The van der Waals surface area contributed by atoms with Crippen LogP contribution in [0.2, 0.25) is 0 Å². The average molecular weight is 362 g/mol. The van der Waals surface area contributed by atoms with Crippen molar-refractivity contribution in [3.63, 3.8) is 0 Å². The second-order valence-electron chi connectivity index (χ2n) is 6.02. The topological polar surface area (TPSA) is 103 Å². The van der Waals surface area contributed by atoms with E-state index >= 15 is 0 Å². The number of aliphatic imine (C=N–C) groups is 1. The SMILES string of the molecule is O.O=C(O)Cc1ccc2c(c1)C(=Nc1cccnc1)c1ccccc1CO2. The Morgan fingerprint density at radius 1 is 1.11 bits per heavy atom. The lowest BCUT2D eigenvalue weighted by atomic mass is 9.96. The molecule has 0 atom stereocenters. The average Bonchev–Trinajstić information content (AvgIpc) is 2.80. The largest absolute Gasteiger partial charge is 0.488 e. The van der Waals surface area contributed by atoms with Crippen molar-refractivity contribution in [2.75, 3.05) is 0 Å². The number of carboxylic acid groups (broad SMARTS) is 1. The number of hydrogen-bond donors (Lipinski definition) is 1. The van der Waals surface area contributed by atoms with E-state index in [1.165, 1.54) is 0 Å². The summed E-state index contributed by atoms with van der Waals surface area (Å²) in [7, 11) is 0. The lowest BCUT2D eigenvalue weighted by Crippen LogP contribution is -2.06. The number of carboxylic acids is 1. The Morgan fingerprint density at radius 2 is 1.96 bits per heavy atom. The Balaban J connectivity index is 0.00000210. The predicted octanol–water partition coefficient (Wildman–Crippen LogP) is 2.95. The van der Waals surface area contributed by atoms with Crippen LogP contribution in [-0.2, 0) is 17.8 Å². The van der Waals surface area contributed by atoms with E-state index in [0.29, 0.717) is 17.9 Å². The quantitative estimate of drug-likeness (QED) is 0.773. The van der Waals surface area contributed by atoms with Crippen LogP contribution in [0.15, 0.2) is 72.0 Å². The number of aromatic nitrogens is 1. The highest BCUT2D eigenvalue weighted by Crippen LogP contribution is 2.31. The fourth-order valence-electron chi connectivity index (χ4n) is 3.02. The van der Waals surface area contributed by atoms with E-state index in [0.717, 1.165) is 28.1 Å². The Labute approximate surface area is 156 Å². The molecule has 0 bridgehead atoms. The molecule has 3 N–H and O–H groups in total. The molecule has 0 fully saturated rings. The fourth-order valence-corrected chi connectivity index (χ4v) is 3.02. The molecule has 2 aromatic carbocycles. The van der Waals surface area contributed by atoms with Crippen LogP contribution >= 0.6 is 0 Å². The van der Waals surface area contributed by atoms with Crippen molar-refractivity contribution in [1.82, 2.24) is 4.98 Å². The Kier molecular flexibility index (Phi) is 5.28. The number of rotatable bonds is 3. The number of pyridine rings is 1. The van der Waals surface area contributed by atoms with Crippen LogP contribution in [0.5, 0.6) is 5.75 Å². The van der Waals surface area contributed by atoms with Crippen LogP contribution in [0.3, 0.4) is 0 Å². The van der Waals surface area contributed by atoms with Gasteiger partial charge in [0.2, 0.25) is 0 Å². The lowest BCUT2D eigenvalue weighted by Gasteiger charge is -2.11. The van der Waals surface area contributed by atoms with E-state index in [2.05, 4.69) is 4.98 Å². The molecule has 1 aromatic heterocycles. The molecule has 27 heavy (non-hydrogen) atoms. The van der Waals surface area contributed by atoms with Gasteiger partial charge in [-0.3, -0.25) is 9.78 Å². The summed E-state index contributed by atoms with van der Waals surface area (Å²) in [5.41, 5.74) is 4.99. The number of aliphatic carboxylic acids is 1. The van der Waals surface area contributed by atoms with Gasteiger partial charge in [0, 0.05) is 17.3 Å². The summed E-state index contributed by atoms with van der Waals surface area (Å²) in [6.07, 6.45) is 3.35. The van der Waals surface area contributed by atoms with E-state index < -0.39 is 5.97 Å². The number of ether oxygens (including phenoxy) is 1. The predicted molar refractivity (Wildman–Crippen MR) is 102 cm³/mol. The Bertz CT molecular complexity index is 1000. The van der Waals surface area contributed by atoms with Crippen LogP contribution in [-0.4, -0.2) is 27.2 Å². The molecule has 4 rings (SSSR count). The number of hydrogen-bond acceptors (Lipinski definition) is 4. The van der Waals surface area contributed by atoms with Gasteiger partial charge in [-0.1, -0.05) is 30.3 Å². The zero-order valence-electron chi connectivity index (χ0n) is 14.4. The first kappa shape index (κ1) is 18.3. The van der Waals surface area contributed by atoms with E-state index in [1.54, 1.807) is 18.5 Å². The van der Waals surface area contributed by atoms with E-state index in [9.17, 15) is 4.79 Å². The maximum absolute atomic E-state index is 11.1. The molecular weight excluding hydrogens is 344 g/mol. The molecule has 0 spiro atoms. The van der Waals surface area contributed by atoms with Gasteiger partial charge in [-0.2, -0.15) is 0 Å². The second kappa shape index (κ2) is 7.80. The summed E-state index contributed by atoms with van der Waals surface area (Å²) < 4.78 is 5.96. The van der Waals surface area contributed by atoms with Crippen molar-refractivity contribution in [2.24, 2.45) is 4.99 Å². The number of carbonyl (C=O) groups is 1. The third-order valence-electron chi connectivity index (χ3n) is 4.20. The third-order valence-corrected chi connectivity index (χ3v) is 4.20. The molecule has 0 saturated heterocycles. The Hall–Kier alpha value is -3.51. The summed E-state index contributed by atoms with van der Waals surface area (Å²) >= 11 is 0. The summed E-state index contributed by atoms with van der Waals surface area (Å²) in [5, 5.41) is 9.12. The number of benzene rings is 2. The van der Waals surface area contributed by atoms with Crippen molar-refractivity contribution in [3.8, 4) is 5.75 Å². The first-order chi connectivity index (χ1) is 12.7. The van der Waals surface area contributed by atoms with Crippen molar-refractivity contribution >= 4 is 17.4 Å². The zero-order chi connectivity index (χ0) is 17.9. The molecule has 0 amide bonds. The van der Waals surface area contributed by atoms with Gasteiger partial charge in [0.05, 0.1) is 24.0 Å². The standard InChI is InChI=1S/C21H16N2O3.H2O/c24-20(25)11-14-7-8-19-18(10-14)21(23-16-5-3-9-22-12-16)17-6-2-1-4-15(17)13-26-19;/h1-10,12H,11,13H2,(H,24,25);1H2. The van der Waals surface area contributed by atoms with E-state index in [1.807, 2.05) is 48.5 Å². The maximum Gasteiger partial charge on any atom is 0.307 e. The summed E-state index contributed by atoms with van der Waals surface area (Å²) in [6.45, 7) is 0.438. The minimum Gasteiger partial charge on any atom is -0.488 e. The van der Waals surface area contributed by atoms with Gasteiger partial charge in [0.1, 0.15) is 12.4 Å². The molecule has 3 aromatic rings. The number of nitrogens with zero attached hydrogens (tertiary/aromatic N) is 2. The third kappa shape index (κ3) is 3.86. The molecule has 136 valence electrons. The van der Waals surface area contributed by atoms with Crippen molar-refractivity contribution in [1.29, 1.82) is 0 Å². The normalized spacial score (nSPS) is 13.6. The fraction of sp³-hybridized carbons (Fsp3) is 0.0952. The van der Waals surface area contributed by atoms with Crippen LogP contribution in [0.4, 0.5) is 5.69 Å². The molecule has 0 aliphatic carbocycles. The molecule has 0 saturated carbocycles. The summed E-state index contributed by atoms with van der Waals surface area (Å²) in [4.78, 5) is 20.0. The highest BCUT2D eigenvalue weighted by molar-refractivity contribution is 6.16. The highest BCUT2D eigenvalue weighted by Gasteiger charge is 2.21. The summed E-state index contributed by atoms with van der Waals surface area (Å²) in [6, 6.07) is 17.1. The smallest absolute Gasteiger partial charge is 0.307 e. The lowest BCUT2D eigenvalue weighted by molar-refractivity contribution is -0.136. The monoisotopic (exact) mass is 362 g/mol. The van der Waals surface area contributed by atoms with E-state index in [4.69, 9.17) is 14.8 Å². The van der Waals surface area contributed by atoms with Gasteiger partial charge in [-0.15, -0.1) is 0 Å². The molecule has 0 unspecified atom stereocenters. The van der Waals surface area contributed by atoms with E-state index in [-0.39, 0.29) is 11.9 Å². The minimum absolute atomic E-state index is 0. The first-order valence-electron chi connectivity index (χ1n) is 8.25. The highest BCUT2D eigenvalue weighted by atomic mass is 16.5.